The van der Waals surface area contributed by atoms with Crippen LogP contribution in [0.15, 0.2) is 10.2 Å². The van der Waals surface area contributed by atoms with Crippen molar-refractivity contribution in [1.29, 1.82) is 0 Å². The first-order valence-corrected chi connectivity index (χ1v) is 2.64. The maximum Gasteiger partial charge on any atom is 0 e. The van der Waals surface area contributed by atoms with Gasteiger partial charge in [-0.15, -0.1) is 10.2 Å². The molecule has 57 valence electrons. The zero-order chi connectivity index (χ0) is 7.82. The summed E-state index contributed by atoms with van der Waals surface area (Å²) in [5, 5.41) is 6.57. The van der Waals surface area contributed by atoms with Gasteiger partial charge in [-0.2, -0.15) is 6.92 Å². The Balaban J connectivity index is 0. The number of hydrogen-bond acceptors (Lipinski definition) is 2. The number of hydrogen-bond donors (Lipinski definition) is 0. The van der Waals surface area contributed by atoms with Gasteiger partial charge in [-0.3, -0.25) is 0 Å². The SMILES string of the molecule is C[C-](CN=[N+]=[N-])CN=[N+]=[N-].[Y]. The van der Waals surface area contributed by atoms with Crippen molar-refractivity contribution >= 4 is 0 Å². The van der Waals surface area contributed by atoms with Gasteiger partial charge in [-0.25, -0.2) is 0 Å². The average molecular weight is 228 g/mol. The zero-order valence-corrected chi connectivity index (χ0v) is 9.01. The van der Waals surface area contributed by atoms with Gasteiger partial charge in [0.25, 0.3) is 0 Å². The van der Waals surface area contributed by atoms with Crippen LogP contribution in [0.5, 0.6) is 0 Å². The molecule has 6 nitrogen and oxygen atoms in total. The van der Waals surface area contributed by atoms with E-state index in [9.17, 15) is 0 Å². The van der Waals surface area contributed by atoms with Crippen LogP contribution in [0.1, 0.15) is 6.92 Å². The van der Waals surface area contributed by atoms with Gasteiger partial charge in [-0.1, -0.05) is 13.1 Å². The molecule has 0 saturated heterocycles. The van der Waals surface area contributed by atoms with Gasteiger partial charge in [-0.05, 0) is 20.9 Å². The molecule has 0 atom stereocenters. The maximum atomic E-state index is 7.88. The fourth-order valence-electron chi connectivity index (χ4n) is 0.355. The van der Waals surface area contributed by atoms with Crippen LogP contribution in [0.25, 0.3) is 20.9 Å². The van der Waals surface area contributed by atoms with Crippen LogP contribution in [-0.4, -0.2) is 13.1 Å². The largest absolute Gasteiger partial charge is 0.306 e. The van der Waals surface area contributed by atoms with Crippen LogP contribution in [0.3, 0.4) is 0 Å². The molecule has 0 spiro atoms. The molecule has 1 radical (unpaired) electrons. The van der Waals surface area contributed by atoms with Crippen LogP contribution in [0.4, 0.5) is 0 Å². The zero-order valence-electron chi connectivity index (χ0n) is 6.17. The molecule has 0 unspecified atom stereocenters. The van der Waals surface area contributed by atoms with E-state index in [2.05, 4.69) is 20.1 Å². The van der Waals surface area contributed by atoms with Crippen molar-refractivity contribution in [1.82, 2.24) is 0 Å². The van der Waals surface area contributed by atoms with E-state index < -0.39 is 0 Å². The summed E-state index contributed by atoms with van der Waals surface area (Å²) >= 11 is 0. The molecule has 0 heterocycles. The second-order valence-corrected chi connectivity index (χ2v) is 1.74. The Morgan fingerprint density at radius 3 is 1.82 bits per heavy atom. The van der Waals surface area contributed by atoms with Crippen LogP contribution < -0.4 is 0 Å². The predicted octanol–water partition coefficient (Wildman–Crippen LogP) is 2.20. The van der Waals surface area contributed by atoms with E-state index in [1.165, 1.54) is 0 Å². The standard InChI is InChI=1S/C4H7N6.Y/c1-4(2-7-9-5)3-8-10-6;/h2-3H2,1H3;/q-1;. The molecule has 0 fully saturated rings. The Kier molecular flexibility index (Phi) is 11.8. The summed E-state index contributed by atoms with van der Waals surface area (Å²) in [6.45, 7) is 2.37. The minimum Gasteiger partial charge on any atom is -0.306 e. The summed E-state index contributed by atoms with van der Waals surface area (Å²) in [5.74, 6) is 0.857. The van der Waals surface area contributed by atoms with E-state index in [1.54, 1.807) is 6.92 Å². The van der Waals surface area contributed by atoms with E-state index >= 15 is 0 Å². The molecular formula is C4H7N6Y-. The smallest absolute Gasteiger partial charge is 0 e. The van der Waals surface area contributed by atoms with Crippen LogP contribution in [0.2, 0.25) is 0 Å². The fraction of sp³-hybridized carbons (Fsp3) is 0.750. The Morgan fingerprint density at radius 1 is 1.18 bits per heavy atom. The first kappa shape index (κ1) is 13.3. The van der Waals surface area contributed by atoms with Crippen molar-refractivity contribution in [2.75, 3.05) is 13.1 Å². The van der Waals surface area contributed by atoms with Gasteiger partial charge in [0.05, 0.1) is 0 Å². The molecule has 0 aromatic heterocycles. The summed E-state index contributed by atoms with van der Waals surface area (Å²) < 4.78 is 0. The van der Waals surface area contributed by atoms with Crippen molar-refractivity contribution in [2.24, 2.45) is 10.2 Å². The first-order valence-electron chi connectivity index (χ1n) is 2.64. The van der Waals surface area contributed by atoms with Crippen molar-refractivity contribution in [2.45, 2.75) is 6.92 Å². The summed E-state index contributed by atoms with van der Waals surface area (Å²) in [7, 11) is 0. The van der Waals surface area contributed by atoms with Crippen molar-refractivity contribution in [3.8, 4) is 0 Å². The van der Waals surface area contributed by atoms with E-state index in [1.807, 2.05) is 0 Å². The average Bonchev–Trinajstić information content (AvgIpc) is 1.97. The van der Waals surface area contributed by atoms with Gasteiger partial charge >= 0.3 is 0 Å². The van der Waals surface area contributed by atoms with Crippen molar-refractivity contribution < 1.29 is 32.7 Å². The number of azide groups is 2. The minimum absolute atomic E-state index is 0. The molecule has 0 saturated carbocycles. The van der Waals surface area contributed by atoms with E-state index in [0.29, 0.717) is 13.1 Å². The maximum absolute atomic E-state index is 7.88. The molecule has 0 aliphatic rings. The molecule has 0 aliphatic carbocycles. The molecule has 11 heavy (non-hydrogen) atoms. The summed E-state index contributed by atoms with van der Waals surface area (Å²) in [4.78, 5) is 5.11. The van der Waals surface area contributed by atoms with E-state index in [0.717, 1.165) is 5.92 Å². The Morgan fingerprint density at radius 2 is 1.55 bits per heavy atom. The van der Waals surface area contributed by atoms with Crippen molar-refractivity contribution in [3.63, 3.8) is 0 Å². The first-order chi connectivity index (χ1) is 4.81. The van der Waals surface area contributed by atoms with Crippen LogP contribution in [0, 0.1) is 5.92 Å². The molecule has 0 bridgehead atoms. The summed E-state index contributed by atoms with van der Waals surface area (Å²) in [6.07, 6.45) is 0. The topological polar surface area (TPSA) is 97.5 Å². The molecule has 0 aliphatic heterocycles. The quantitative estimate of drug-likeness (QED) is 0.305. The third kappa shape index (κ3) is 9.72. The van der Waals surface area contributed by atoms with Gasteiger partial charge in [0, 0.05) is 32.7 Å². The molecule has 0 rings (SSSR count). The summed E-state index contributed by atoms with van der Waals surface area (Å²) in [6, 6.07) is 0. The Bertz CT molecular complexity index is 159. The van der Waals surface area contributed by atoms with Gasteiger partial charge in [0.2, 0.25) is 0 Å². The summed E-state index contributed by atoms with van der Waals surface area (Å²) in [5.41, 5.74) is 15.8. The number of nitrogens with zero attached hydrogens (tertiary/aromatic N) is 6. The fourth-order valence-corrected chi connectivity index (χ4v) is 0.355. The molecule has 0 amide bonds. The predicted molar refractivity (Wildman–Crippen MR) is 36.9 cm³/mol. The normalized spacial score (nSPS) is 7.45. The van der Waals surface area contributed by atoms with Gasteiger partial charge < -0.3 is 5.92 Å². The van der Waals surface area contributed by atoms with Gasteiger partial charge in [0.1, 0.15) is 0 Å². The monoisotopic (exact) mass is 228 g/mol. The molecule has 0 aromatic carbocycles. The number of rotatable bonds is 4. The minimum atomic E-state index is 0. The third-order valence-electron chi connectivity index (χ3n) is 0.808. The molecule has 7 heteroatoms. The Labute approximate surface area is 89.5 Å². The molecular weight excluding hydrogens is 221 g/mol. The van der Waals surface area contributed by atoms with Crippen LogP contribution in [-0.2, 0) is 32.7 Å². The van der Waals surface area contributed by atoms with Crippen molar-refractivity contribution in [3.05, 3.63) is 26.8 Å². The third-order valence-corrected chi connectivity index (χ3v) is 0.808. The van der Waals surface area contributed by atoms with E-state index in [4.69, 9.17) is 11.1 Å². The molecule has 0 aromatic rings. The second-order valence-electron chi connectivity index (χ2n) is 1.74. The second kappa shape index (κ2) is 9.72. The van der Waals surface area contributed by atoms with Crippen LogP contribution >= 0.6 is 0 Å². The van der Waals surface area contributed by atoms with E-state index in [-0.39, 0.29) is 32.7 Å². The van der Waals surface area contributed by atoms with Gasteiger partial charge in [0.15, 0.2) is 0 Å². The Hall–Kier alpha value is -0.276. The molecule has 0 N–H and O–H groups in total.